The van der Waals surface area contributed by atoms with Gasteiger partial charge in [0.1, 0.15) is 6.61 Å². The Labute approximate surface area is 124 Å². The van der Waals surface area contributed by atoms with Crippen LogP contribution >= 0.6 is 0 Å². The van der Waals surface area contributed by atoms with Crippen LogP contribution in [0.25, 0.3) is 0 Å². The molecule has 1 fully saturated rings. The normalized spacial score (nSPS) is 22.2. The molecule has 0 spiro atoms. The number of benzene rings is 1. The van der Waals surface area contributed by atoms with Gasteiger partial charge in [-0.3, -0.25) is 9.59 Å². The van der Waals surface area contributed by atoms with E-state index in [0.717, 1.165) is 5.56 Å². The van der Waals surface area contributed by atoms with Crippen LogP contribution < -0.4 is 5.32 Å². The van der Waals surface area contributed by atoms with Crippen molar-refractivity contribution in [2.75, 3.05) is 33.9 Å². The van der Waals surface area contributed by atoms with E-state index in [2.05, 4.69) is 5.32 Å². The van der Waals surface area contributed by atoms with Gasteiger partial charge in [0, 0.05) is 20.7 Å². The SMILES string of the molecule is COCCNC(=O)[C@@H]1OCC(=O)N(C)[C@H]1c1ccccc1. The van der Waals surface area contributed by atoms with Crippen LogP contribution in [0.3, 0.4) is 0 Å². The van der Waals surface area contributed by atoms with E-state index >= 15 is 0 Å². The predicted octanol–water partition coefficient (Wildman–Crippen LogP) is 0.348. The maximum absolute atomic E-state index is 12.3. The Balaban J connectivity index is 2.17. The second kappa shape index (κ2) is 7.19. The number of hydrogen-bond donors (Lipinski definition) is 1. The molecule has 2 amide bonds. The standard InChI is InChI=1S/C15H20N2O4/c1-17-12(18)10-21-14(15(19)16-8-9-20-2)13(17)11-6-4-3-5-7-11/h3-7,13-14H,8-10H2,1-2H3,(H,16,19)/t13-,14+/m0/s1. The number of morpholine rings is 1. The minimum atomic E-state index is -0.716. The van der Waals surface area contributed by atoms with Crippen LogP contribution in [0.1, 0.15) is 11.6 Å². The van der Waals surface area contributed by atoms with Gasteiger partial charge in [0.15, 0.2) is 6.10 Å². The molecule has 1 heterocycles. The lowest BCUT2D eigenvalue weighted by atomic mass is 9.97. The number of carbonyl (C=O) groups excluding carboxylic acids is 2. The molecule has 1 aromatic rings. The molecule has 0 saturated carbocycles. The fourth-order valence-corrected chi connectivity index (χ4v) is 2.36. The van der Waals surface area contributed by atoms with Gasteiger partial charge < -0.3 is 19.7 Å². The van der Waals surface area contributed by atoms with Crippen LogP contribution in [0.15, 0.2) is 30.3 Å². The monoisotopic (exact) mass is 292 g/mol. The summed E-state index contributed by atoms with van der Waals surface area (Å²) < 4.78 is 10.4. The molecule has 114 valence electrons. The molecule has 0 aromatic heterocycles. The first-order valence-electron chi connectivity index (χ1n) is 6.84. The van der Waals surface area contributed by atoms with Crippen LogP contribution in [0.4, 0.5) is 0 Å². The van der Waals surface area contributed by atoms with Crippen LogP contribution in [0, 0.1) is 0 Å². The van der Waals surface area contributed by atoms with Gasteiger partial charge >= 0.3 is 0 Å². The summed E-state index contributed by atoms with van der Waals surface area (Å²) in [5, 5.41) is 2.76. The Morgan fingerprint density at radius 1 is 1.43 bits per heavy atom. The molecule has 1 saturated heterocycles. The second-order valence-electron chi connectivity index (χ2n) is 4.88. The molecule has 1 aliphatic heterocycles. The number of methoxy groups -OCH3 is 1. The molecule has 21 heavy (non-hydrogen) atoms. The van der Waals surface area contributed by atoms with Gasteiger partial charge in [-0.05, 0) is 5.56 Å². The number of rotatable bonds is 5. The number of amides is 2. The van der Waals surface area contributed by atoms with Crippen molar-refractivity contribution in [3.63, 3.8) is 0 Å². The predicted molar refractivity (Wildman–Crippen MR) is 76.6 cm³/mol. The first-order valence-corrected chi connectivity index (χ1v) is 6.84. The van der Waals surface area contributed by atoms with E-state index in [9.17, 15) is 9.59 Å². The van der Waals surface area contributed by atoms with E-state index in [1.165, 1.54) is 0 Å². The summed E-state index contributed by atoms with van der Waals surface area (Å²) in [5.41, 5.74) is 0.875. The number of nitrogens with zero attached hydrogens (tertiary/aromatic N) is 1. The minimum absolute atomic E-state index is 0.0812. The van der Waals surface area contributed by atoms with Crippen LogP contribution in [-0.2, 0) is 19.1 Å². The highest BCUT2D eigenvalue weighted by molar-refractivity contribution is 5.86. The Morgan fingerprint density at radius 3 is 2.81 bits per heavy atom. The average Bonchev–Trinajstić information content (AvgIpc) is 2.50. The summed E-state index contributed by atoms with van der Waals surface area (Å²) in [6, 6.07) is 9.00. The fourth-order valence-electron chi connectivity index (χ4n) is 2.36. The summed E-state index contributed by atoms with van der Waals surface area (Å²) >= 11 is 0. The highest BCUT2D eigenvalue weighted by Gasteiger charge is 2.39. The van der Waals surface area contributed by atoms with Crippen molar-refractivity contribution in [2.24, 2.45) is 0 Å². The summed E-state index contributed by atoms with van der Waals surface area (Å²) in [4.78, 5) is 25.7. The molecule has 0 bridgehead atoms. The summed E-state index contributed by atoms with van der Waals surface area (Å²) in [6.07, 6.45) is -0.716. The van der Waals surface area contributed by atoms with Crippen LogP contribution in [0.2, 0.25) is 0 Å². The lowest BCUT2D eigenvalue weighted by Gasteiger charge is -2.38. The molecular formula is C15H20N2O4. The Bertz CT molecular complexity index is 492. The van der Waals surface area contributed by atoms with Gasteiger partial charge in [-0.25, -0.2) is 0 Å². The zero-order valence-corrected chi connectivity index (χ0v) is 12.2. The van der Waals surface area contributed by atoms with Gasteiger partial charge in [-0.2, -0.15) is 0 Å². The van der Waals surface area contributed by atoms with E-state index in [4.69, 9.17) is 9.47 Å². The van der Waals surface area contributed by atoms with E-state index in [-0.39, 0.29) is 18.4 Å². The summed E-state index contributed by atoms with van der Waals surface area (Å²) in [7, 11) is 3.26. The third kappa shape index (κ3) is 3.59. The van der Waals surface area contributed by atoms with Crippen LogP contribution in [-0.4, -0.2) is 56.7 Å². The van der Waals surface area contributed by atoms with Gasteiger partial charge in [0.05, 0.1) is 12.6 Å². The fraction of sp³-hybridized carbons (Fsp3) is 0.467. The molecule has 2 atom stereocenters. The highest BCUT2D eigenvalue weighted by atomic mass is 16.5. The topological polar surface area (TPSA) is 67.9 Å². The lowest BCUT2D eigenvalue weighted by Crippen LogP contribution is -2.53. The zero-order chi connectivity index (χ0) is 15.2. The molecule has 2 rings (SSSR count). The Hall–Kier alpha value is -1.92. The van der Waals surface area contributed by atoms with Crippen molar-refractivity contribution >= 4 is 11.8 Å². The smallest absolute Gasteiger partial charge is 0.251 e. The minimum Gasteiger partial charge on any atom is -0.383 e. The third-order valence-electron chi connectivity index (χ3n) is 3.49. The number of carbonyl (C=O) groups is 2. The molecule has 6 heteroatoms. The highest BCUT2D eigenvalue weighted by Crippen LogP contribution is 2.28. The molecule has 0 radical (unpaired) electrons. The number of ether oxygens (including phenoxy) is 2. The third-order valence-corrected chi connectivity index (χ3v) is 3.49. The quantitative estimate of drug-likeness (QED) is 0.795. The van der Waals surface area contributed by atoms with Gasteiger partial charge in [-0.15, -0.1) is 0 Å². The van der Waals surface area contributed by atoms with Crippen LogP contribution in [0.5, 0.6) is 0 Å². The first kappa shape index (κ1) is 15.5. The number of nitrogens with one attached hydrogen (secondary N) is 1. The van der Waals surface area contributed by atoms with E-state index in [0.29, 0.717) is 13.2 Å². The molecule has 6 nitrogen and oxygen atoms in total. The van der Waals surface area contributed by atoms with Crippen molar-refractivity contribution < 1.29 is 19.1 Å². The van der Waals surface area contributed by atoms with Gasteiger partial charge in [0.25, 0.3) is 5.91 Å². The van der Waals surface area contributed by atoms with Crippen molar-refractivity contribution in [3.05, 3.63) is 35.9 Å². The maximum Gasteiger partial charge on any atom is 0.251 e. The number of hydrogen-bond acceptors (Lipinski definition) is 4. The summed E-state index contributed by atoms with van der Waals surface area (Å²) in [6.45, 7) is 0.764. The molecule has 1 aromatic carbocycles. The first-order chi connectivity index (χ1) is 10.1. The Morgan fingerprint density at radius 2 is 2.14 bits per heavy atom. The van der Waals surface area contributed by atoms with Crippen molar-refractivity contribution in [3.8, 4) is 0 Å². The lowest BCUT2D eigenvalue weighted by molar-refractivity contribution is -0.162. The van der Waals surface area contributed by atoms with Gasteiger partial charge in [0.2, 0.25) is 5.91 Å². The number of likely N-dealkylation sites (N-methyl/N-ethyl adjacent to an activating group) is 1. The molecule has 0 aliphatic carbocycles. The molecule has 0 unspecified atom stereocenters. The second-order valence-corrected chi connectivity index (χ2v) is 4.88. The largest absolute Gasteiger partial charge is 0.383 e. The molecule has 1 aliphatic rings. The average molecular weight is 292 g/mol. The molecule has 1 N–H and O–H groups in total. The van der Waals surface area contributed by atoms with Crippen molar-refractivity contribution in [2.45, 2.75) is 12.1 Å². The van der Waals surface area contributed by atoms with Gasteiger partial charge in [-0.1, -0.05) is 30.3 Å². The molecular weight excluding hydrogens is 272 g/mol. The summed E-state index contributed by atoms with van der Waals surface area (Å²) in [5.74, 6) is -0.370. The Kier molecular flexibility index (Phi) is 5.30. The van der Waals surface area contributed by atoms with E-state index in [1.807, 2.05) is 30.3 Å². The van der Waals surface area contributed by atoms with Crippen molar-refractivity contribution in [1.29, 1.82) is 0 Å². The maximum atomic E-state index is 12.3. The zero-order valence-electron chi connectivity index (χ0n) is 12.2. The van der Waals surface area contributed by atoms with E-state index < -0.39 is 12.1 Å². The van der Waals surface area contributed by atoms with E-state index in [1.54, 1.807) is 19.1 Å². The van der Waals surface area contributed by atoms with Crippen molar-refractivity contribution in [1.82, 2.24) is 10.2 Å².